The number of rotatable bonds is 5. The highest BCUT2D eigenvalue weighted by Crippen LogP contribution is 2.22. The van der Waals surface area contributed by atoms with Crippen molar-refractivity contribution < 1.29 is 17.5 Å². The number of methoxy groups -OCH3 is 1. The first-order chi connectivity index (χ1) is 8.22. The summed E-state index contributed by atoms with van der Waals surface area (Å²) in [7, 11) is -2.49. The smallest absolute Gasteiger partial charge is 0.241 e. The van der Waals surface area contributed by atoms with Crippen molar-refractivity contribution in [1.82, 2.24) is 4.72 Å². The molecule has 1 aromatic carbocycles. The largest absolute Gasteiger partial charge is 0.494 e. The van der Waals surface area contributed by atoms with Crippen molar-refractivity contribution in [2.45, 2.75) is 24.3 Å². The normalized spacial score (nSPS) is 11.8. The van der Waals surface area contributed by atoms with Gasteiger partial charge in [0.2, 0.25) is 10.0 Å². The van der Waals surface area contributed by atoms with Gasteiger partial charge in [0.25, 0.3) is 0 Å². The lowest BCUT2D eigenvalue weighted by molar-refractivity contribution is 0.384. The Morgan fingerprint density at radius 2 is 2.00 bits per heavy atom. The van der Waals surface area contributed by atoms with E-state index in [1.165, 1.54) is 13.2 Å². The third kappa shape index (κ3) is 4.61. The molecule has 0 aliphatic carbocycles. The molecule has 5 nitrogen and oxygen atoms in total. The molecule has 1 aromatic rings. The topological polar surface area (TPSA) is 81.4 Å². The van der Waals surface area contributed by atoms with Gasteiger partial charge in [-0.2, -0.15) is 0 Å². The SMILES string of the molecule is COc1cc(S(=O)(=O)NC(C)(C)CN)ccc1F.Cl. The van der Waals surface area contributed by atoms with Crippen molar-refractivity contribution in [3.05, 3.63) is 24.0 Å². The van der Waals surface area contributed by atoms with E-state index >= 15 is 0 Å². The van der Waals surface area contributed by atoms with Crippen molar-refractivity contribution in [3.63, 3.8) is 0 Å². The Kier molecular flexibility index (Phi) is 6.21. The molecule has 0 radical (unpaired) electrons. The fraction of sp³-hybridized carbons (Fsp3) is 0.455. The summed E-state index contributed by atoms with van der Waals surface area (Å²) in [5.74, 6) is -0.738. The number of benzene rings is 1. The summed E-state index contributed by atoms with van der Waals surface area (Å²) in [5.41, 5.74) is 4.68. The van der Waals surface area contributed by atoms with Gasteiger partial charge in [-0.15, -0.1) is 12.4 Å². The van der Waals surface area contributed by atoms with Gasteiger partial charge in [0.1, 0.15) is 0 Å². The Hall–Kier alpha value is -0.890. The predicted octanol–water partition coefficient (Wildman–Crippen LogP) is 1.27. The van der Waals surface area contributed by atoms with Crippen LogP contribution < -0.4 is 15.2 Å². The molecule has 0 unspecified atom stereocenters. The van der Waals surface area contributed by atoms with Crippen LogP contribution in [0, 0.1) is 5.82 Å². The van der Waals surface area contributed by atoms with Crippen LogP contribution in [-0.4, -0.2) is 27.6 Å². The average Bonchev–Trinajstić information content (AvgIpc) is 2.28. The molecule has 0 aliphatic rings. The van der Waals surface area contributed by atoms with Crippen LogP contribution in [0.5, 0.6) is 5.75 Å². The third-order valence-corrected chi connectivity index (χ3v) is 4.05. The fourth-order valence-corrected chi connectivity index (χ4v) is 2.71. The van der Waals surface area contributed by atoms with E-state index in [4.69, 9.17) is 10.5 Å². The van der Waals surface area contributed by atoms with E-state index in [0.29, 0.717) is 0 Å². The standard InChI is InChI=1S/C11H17FN2O3S.ClH/c1-11(2,7-13)14-18(15,16)8-4-5-9(12)10(6-8)17-3;/h4-6,14H,7,13H2,1-3H3;1H. The summed E-state index contributed by atoms with van der Waals surface area (Å²) in [6.45, 7) is 3.46. The maximum Gasteiger partial charge on any atom is 0.241 e. The zero-order valence-corrected chi connectivity index (χ0v) is 12.6. The molecule has 0 fully saturated rings. The summed E-state index contributed by atoms with van der Waals surface area (Å²) in [4.78, 5) is -0.0673. The van der Waals surface area contributed by atoms with Crippen LogP contribution in [0.3, 0.4) is 0 Å². The number of nitrogens with one attached hydrogen (secondary N) is 1. The number of sulfonamides is 1. The van der Waals surface area contributed by atoms with E-state index in [1.54, 1.807) is 13.8 Å². The van der Waals surface area contributed by atoms with E-state index in [0.717, 1.165) is 12.1 Å². The monoisotopic (exact) mass is 312 g/mol. The van der Waals surface area contributed by atoms with Gasteiger partial charge in [0.15, 0.2) is 11.6 Å². The fourth-order valence-electron chi connectivity index (χ4n) is 1.27. The molecule has 0 heterocycles. The van der Waals surface area contributed by atoms with Gasteiger partial charge in [0, 0.05) is 18.2 Å². The van der Waals surface area contributed by atoms with Gasteiger partial charge in [-0.25, -0.2) is 17.5 Å². The molecular weight excluding hydrogens is 295 g/mol. The van der Waals surface area contributed by atoms with Crippen molar-refractivity contribution >= 4 is 22.4 Å². The van der Waals surface area contributed by atoms with Crippen LogP contribution in [0.1, 0.15) is 13.8 Å². The summed E-state index contributed by atoms with van der Waals surface area (Å²) < 4.78 is 44.5. The van der Waals surface area contributed by atoms with Gasteiger partial charge in [-0.3, -0.25) is 0 Å². The molecule has 3 N–H and O–H groups in total. The second-order valence-electron chi connectivity index (χ2n) is 4.49. The highest BCUT2D eigenvalue weighted by atomic mass is 35.5. The van der Waals surface area contributed by atoms with Gasteiger partial charge in [-0.05, 0) is 26.0 Å². The Morgan fingerprint density at radius 3 is 2.47 bits per heavy atom. The molecule has 0 bridgehead atoms. The molecule has 0 saturated heterocycles. The summed E-state index contributed by atoms with van der Waals surface area (Å²) >= 11 is 0. The van der Waals surface area contributed by atoms with Crippen LogP contribution in [0.4, 0.5) is 4.39 Å². The van der Waals surface area contributed by atoms with E-state index in [1.807, 2.05) is 0 Å². The quantitative estimate of drug-likeness (QED) is 0.858. The second kappa shape index (κ2) is 6.51. The zero-order chi connectivity index (χ0) is 14.0. The zero-order valence-electron chi connectivity index (χ0n) is 10.9. The number of hydrogen-bond donors (Lipinski definition) is 2. The van der Waals surface area contributed by atoms with E-state index < -0.39 is 21.4 Å². The lowest BCUT2D eigenvalue weighted by Gasteiger charge is -2.23. The first-order valence-corrected chi connectivity index (χ1v) is 6.78. The van der Waals surface area contributed by atoms with E-state index in [9.17, 15) is 12.8 Å². The highest BCUT2D eigenvalue weighted by molar-refractivity contribution is 7.89. The first kappa shape index (κ1) is 18.1. The maximum absolute atomic E-state index is 13.2. The van der Waals surface area contributed by atoms with Crippen molar-refractivity contribution in [2.24, 2.45) is 5.73 Å². The van der Waals surface area contributed by atoms with Crippen molar-refractivity contribution in [1.29, 1.82) is 0 Å². The molecular formula is C11H18ClFN2O3S. The number of nitrogens with two attached hydrogens (primary N) is 1. The van der Waals surface area contributed by atoms with Gasteiger partial charge >= 0.3 is 0 Å². The average molecular weight is 313 g/mol. The Labute approximate surface area is 118 Å². The molecule has 0 saturated carbocycles. The molecule has 1 rings (SSSR count). The lowest BCUT2D eigenvalue weighted by Crippen LogP contribution is -2.48. The summed E-state index contributed by atoms with van der Waals surface area (Å²) in [6, 6.07) is 3.35. The minimum Gasteiger partial charge on any atom is -0.494 e. The van der Waals surface area contributed by atoms with Gasteiger partial charge in [-0.1, -0.05) is 0 Å². The van der Waals surface area contributed by atoms with E-state index in [2.05, 4.69) is 4.72 Å². The molecule has 8 heteroatoms. The molecule has 0 amide bonds. The maximum atomic E-state index is 13.2. The number of halogens is 2. The third-order valence-electron chi connectivity index (χ3n) is 2.35. The minimum absolute atomic E-state index is 0. The number of hydrogen-bond acceptors (Lipinski definition) is 4. The molecule has 0 aromatic heterocycles. The first-order valence-electron chi connectivity index (χ1n) is 5.29. The Morgan fingerprint density at radius 1 is 1.42 bits per heavy atom. The van der Waals surface area contributed by atoms with Crippen molar-refractivity contribution in [3.8, 4) is 5.75 Å². The van der Waals surface area contributed by atoms with Crippen LogP contribution in [0.2, 0.25) is 0 Å². The van der Waals surface area contributed by atoms with E-state index in [-0.39, 0.29) is 29.6 Å². The lowest BCUT2D eigenvalue weighted by atomic mass is 10.1. The Bertz CT molecular complexity index is 535. The van der Waals surface area contributed by atoms with Crippen LogP contribution in [0.25, 0.3) is 0 Å². The van der Waals surface area contributed by atoms with Crippen LogP contribution in [-0.2, 0) is 10.0 Å². The molecule has 0 aliphatic heterocycles. The predicted molar refractivity (Wildman–Crippen MR) is 73.7 cm³/mol. The molecule has 0 atom stereocenters. The van der Waals surface area contributed by atoms with Crippen molar-refractivity contribution in [2.75, 3.05) is 13.7 Å². The minimum atomic E-state index is -3.76. The number of ether oxygens (including phenoxy) is 1. The summed E-state index contributed by atoms with van der Waals surface area (Å²) in [5, 5.41) is 0. The van der Waals surface area contributed by atoms with Crippen LogP contribution in [0.15, 0.2) is 23.1 Å². The van der Waals surface area contributed by atoms with Gasteiger partial charge < -0.3 is 10.5 Å². The Balaban J connectivity index is 0.00000324. The second-order valence-corrected chi connectivity index (χ2v) is 6.17. The van der Waals surface area contributed by atoms with Crippen LogP contribution >= 0.6 is 12.4 Å². The molecule has 19 heavy (non-hydrogen) atoms. The summed E-state index contributed by atoms with van der Waals surface area (Å²) in [6.07, 6.45) is 0. The highest BCUT2D eigenvalue weighted by Gasteiger charge is 2.25. The molecule has 0 spiro atoms. The molecule has 110 valence electrons. The van der Waals surface area contributed by atoms with Gasteiger partial charge in [0.05, 0.1) is 12.0 Å².